The zero-order valence-electron chi connectivity index (χ0n) is 8.01. The summed E-state index contributed by atoms with van der Waals surface area (Å²) < 4.78 is 1.58. The molecular formula is C9H11N3OS. The molecule has 0 radical (unpaired) electrons. The van der Waals surface area contributed by atoms with Gasteiger partial charge in [-0.15, -0.1) is 5.10 Å². The summed E-state index contributed by atoms with van der Waals surface area (Å²) in [6.45, 7) is 1.98. The van der Waals surface area contributed by atoms with Gasteiger partial charge in [-0.3, -0.25) is 4.68 Å². The van der Waals surface area contributed by atoms with E-state index in [4.69, 9.17) is 0 Å². The van der Waals surface area contributed by atoms with Gasteiger partial charge in [0, 0.05) is 12.6 Å². The van der Waals surface area contributed by atoms with E-state index < -0.39 is 6.10 Å². The van der Waals surface area contributed by atoms with Crippen LogP contribution in [-0.2, 0) is 7.05 Å². The molecule has 1 N–H and O–H groups in total. The molecular weight excluding hydrogens is 198 g/mol. The van der Waals surface area contributed by atoms with Crippen molar-refractivity contribution in [3.8, 4) is 0 Å². The molecule has 2 heterocycles. The predicted molar refractivity (Wildman–Crippen MR) is 54.1 cm³/mol. The number of aryl methyl sites for hydroxylation is 2. The maximum Gasteiger partial charge on any atom is 0.126 e. The molecule has 0 saturated heterocycles. The average molecular weight is 209 g/mol. The fourth-order valence-corrected chi connectivity index (χ4v) is 2.17. The largest absolute Gasteiger partial charge is 0.382 e. The number of aromatic nitrogens is 3. The maximum atomic E-state index is 9.97. The number of nitrogens with zero attached hydrogens (tertiary/aromatic N) is 3. The Bertz CT molecular complexity index is 435. The minimum Gasteiger partial charge on any atom is -0.382 e. The molecule has 0 fully saturated rings. The minimum absolute atomic E-state index is 0.592. The Morgan fingerprint density at radius 1 is 1.50 bits per heavy atom. The minimum atomic E-state index is -0.657. The van der Waals surface area contributed by atoms with Gasteiger partial charge >= 0.3 is 0 Å². The molecule has 0 saturated carbocycles. The summed E-state index contributed by atoms with van der Waals surface area (Å²) in [4.78, 5) is 0. The second-order valence-electron chi connectivity index (χ2n) is 3.23. The Kier molecular flexibility index (Phi) is 2.35. The molecule has 0 bridgehead atoms. The number of hydrogen-bond acceptors (Lipinski definition) is 4. The quantitative estimate of drug-likeness (QED) is 0.810. The van der Waals surface area contributed by atoms with Crippen LogP contribution in [0, 0.1) is 6.92 Å². The molecule has 2 aromatic heterocycles. The molecule has 74 valence electrons. The van der Waals surface area contributed by atoms with Crippen LogP contribution in [0.4, 0.5) is 0 Å². The van der Waals surface area contributed by atoms with E-state index in [1.165, 1.54) is 0 Å². The Morgan fingerprint density at radius 2 is 2.29 bits per heavy atom. The number of aliphatic hydroxyl groups is 1. The Labute approximate surface area is 85.8 Å². The first-order chi connectivity index (χ1) is 6.68. The van der Waals surface area contributed by atoms with Gasteiger partial charge in [0.2, 0.25) is 0 Å². The summed E-state index contributed by atoms with van der Waals surface area (Å²) in [5.74, 6) is 0. The van der Waals surface area contributed by atoms with E-state index in [0.717, 1.165) is 11.1 Å². The van der Waals surface area contributed by atoms with Crippen molar-refractivity contribution in [3.63, 3.8) is 0 Å². The summed E-state index contributed by atoms with van der Waals surface area (Å²) in [5, 5.41) is 21.6. The fourth-order valence-electron chi connectivity index (χ4n) is 1.30. The van der Waals surface area contributed by atoms with Crippen LogP contribution in [0.5, 0.6) is 0 Å². The molecule has 0 amide bonds. The van der Waals surface area contributed by atoms with E-state index >= 15 is 0 Å². The lowest BCUT2D eigenvalue weighted by Crippen LogP contribution is -2.00. The van der Waals surface area contributed by atoms with Gasteiger partial charge in [0.15, 0.2) is 0 Å². The summed E-state index contributed by atoms with van der Waals surface area (Å²) in [6.07, 6.45) is 1.07. The number of thiophene rings is 1. The summed E-state index contributed by atoms with van der Waals surface area (Å²) >= 11 is 1.58. The molecule has 2 rings (SSSR count). The van der Waals surface area contributed by atoms with E-state index in [1.807, 2.05) is 17.7 Å². The lowest BCUT2D eigenvalue weighted by atomic mass is 10.1. The van der Waals surface area contributed by atoms with E-state index in [2.05, 4.69) is 10.3 Å². The van der Waals surface area contributed by atoms with E-state index in [9.17, 15) is 5.11 Å². The van der Waals surface area contributed by atoms with Crippen LogP contribution in [0.1, 0.15) is 22.9 Å². The summed E-state index contributed by atoms with van der Waals surface area (Å²) in [6, 6.07) is 0. The Balaban J connectivity index is 2.33. The smallest absolute Gasteiger partial charge is 0.126 e. The van der Waals surface area contributed by atoms with Crippen LogP contribution in [0.15, 0.2) is 17.0 Å². The van der Waals surface area contributed by atoms with Crippen LogP contribution >= 0.6 is 11.3 Å². The highest BCUT2D eigenvalue weighted by molar-refractivity contribution is 7.08. The third kappa shape index (κ3) is 1.56. The van der Waals surface area contributed by atoms with Gasteiger partial charge in [-0.05, 0) is 23.2 Å². The second kappa shape index (κ2) is 3.51. The molecule has 0 aliphatic rings. The lowest BCUT2D eigenvalue weighted by molar-refractivity contribution is 0.215. The monoisotopic (exact) mass is 209 g/mol. The Morgan fingerprint density at radius 3 is 2.79 bits per heavy atom. The topological polar surface area (TPSA) is 50.9 Å². The molecule has 2 aromatic rings. The van der Waals surface area contributed by atoms with Crippen molar-refractivity contribution in [2.75, 3.05) is 0 Å². The molecule has 0 spiro atoms. The van der Waals surface area contributed by atoms with Crippen molar-refractivity contribution in [1.82, 2.24) is 15.0 Å². The van der Waals surface area contributed by atoms with Crippen molar-refractivity contribution in [2.45, 2.75) is 13.0 Å². The molecule has 1 unspecified atom stereocenters. The lowest BCUT2D eigenvalue weighted by Gasteiger charge is -2.05. The number of aliphatic hydroxyl groups excluding tert-OH is 1. The molecule has 0 aliphatic heterocycles. The molecule has 0 aromatic carbocycles. The zero-order chi connectivity index (χ0) is 10.1. The van der Waals surface area contributed by atoms with Crippen LogP contribution in [0.3, 0.4) is 0 Å². The van der Waals surface area contributed by atoms with Crippen LogP contribution in [-0.4, -0.2) is 20.1 Å². The van der Waals surface area contributed by atoms with Crippen molar-refractivity contribution >= 4 is 11.3 Å². The highest BCUT2D eigenvalue weighted by Gasteiger charge is 2.16. The van der Waals surface area contributed by atoms with Gasteiger partial charge < -0.3 is 5.11 Å². The second-order valence-corrected chi connectivity index (χ2v) is 3.97. The van der Waals surface area contributed by atoms with Gasteiger partial charge in [0.05, 0.1) is 6.20 Å². The highest BCUT2D eigenvalue weighted by atomic mass is 32.1. The SMILES string of the molecule is Cc1cscc1C(O)c1cn(C)nn1. The molecule has 0 aliphatic carbocycles. The fraction of sp³-hybridized carbons (Fsp3) is 0.333. The number of rotatable bonds is 2. The highest BCUT2D eigenvalue weighted by Crippen LogP contribution is 2.25. The van der Waals surface area contributed by atoms with Gasteiger partial charge in [-0.2, -0.15) is 11.3 Å². The zero-order valence-corrected chi connectivity index (χ0v) is 8.82. The standard InChI is InChI=1S/C9H11N3OS/c1-6-4-14-5-7(6)9(13)8-3-12(2)11-10-8/h3-5,9,13H,1-2H3. The van der Waals surface area contributed by atoms with Gasteiger partial charge in [-0.25, -0.2) is 0 Å². The molecule has 1 atom stereocenters. The van der Waals surface area contributed by atoms with Crippen LogP contribution in [0.25, 0.3) is 0 Å². The van der Waals surface area contributed by atoms with Crippen molar-refractivity contribution in [3.05, 3.63) is 33.8 Å². The first-order valence-electron chi connectivity index (χ1n) is 4.25. The predicted octanol–water partition coefficient (Wildman–Crippen LogP) is 1.27. The first-order valence-corrected chi connectivity index (χ1v) is 5.19. The third-order valence-corrected chi connectivity index (χ3v) is 2.97. The maximum absolute atomic E-state index is 9.97. The van der Waals surface area contributed by atoms with Gasteiger partial charge in [0.1, 0.15) is 11.8 Å². The van der Waals surface area contributed by atoms with Crippen molar-refractivity contribution < 1.29 is 5.11 Å². The van der Waals surface area contributed by atoms with Crippen molar-refractivity contribution in [2.24, 2.45) is 7.05 Å². The summed E-state index contributed by atoms with van der Waals surface area (Å²) in [5.41, 5.74) is 2.60. The van der Waals surface area contributed by atoms with Crippen LogP contribution < -0.4 is 0 Å². The number of hydrogen-bond donors (Lipinski definition) is 1. The normalized spacial score (nSPS) is 13.1. The third-order valence-electron chi connectivity index (χ3n) is 2.09. The van der Waals surface area contributed by atoms with Gasteiger partial charge in [0.25, 0.3) is 0 Å². The van der Waals surface area contributed by atoms with Crippen molar-refractivity contribution in [1.29, 1.82) is 0 Å². The van der Waals surface area contributed by atoms with Gasteiger partial charge in [-0.1, -0.05) is 5.21 Å². The van der Waals surface area contributed by atoms with Crippen LogP contribution in [0.2, 0.25) is 0 Å². The first kappa shape index (κ1) is 9.36. The summed E-state index contributed by atoms with van der Waals surface area (Å²) in [7, 11) is 1.78. The van der Waals surface area contributed by atoms with E-state index in [0.29, 0.717) is 5.69 Å². The molecule has 14 heavy (non-hydrogen) atoms. The van der Waals surface area contributed by atoms with E-state index in [1.54, 1.807) is 29.3 Å². The Hall–Kier alpha value is -1.20. The molecule has 4 nitrogen and oxygen atoms in total. The average Bonchev–Trinajstić information content (AvgIpc) is 2.73. The molecule has 5 heteroatoms. The van der Waals surface area contributed by atoms with E-state index in [-0.39, 0.29) is 0 Å².